The number of hydrogen-bond donors (Lipinski definition) is 2. The number of benzene rings is 3. The molecule has 0 spiro atoms. The van der Waals surface area contributed by atoms with Gasteiger partial charge >= 0.3 is 6.09 Å². The largest absolute Gasteiger partial charge is 0.444 e. The van der Waals surface area contributed by atoms with E-state index in [9.17, 15) is 9.59 Å². The third-order valence-electron chi connectivity index (χ3n) is 4.75. The first-order valence-corrected chi connectivity index (χ1v) is 10.0. The van der Waals surface area contributed by atoms with Crippen molar-refractivity contribution in [2.45, 2.75) is 38.8 Å². The van der Waals surface area contributed by atoms with Crippen LogP contribution in [0, 0.1) is 0 Å². The Labute approximate surface area is 177 Å². The van der Waals surface area contributed by atoms with Gasteiger partial charge in [0.1, 0.15) is 11.6 Å². The van der Waals surface area contributed by atoms with E-state index in [0.717, 1.165) is 16.7 Å². The maximum atomic E-state index is 12.3. The fraction of sp³-hybridized carbons (Fsp3) is 0.280. The molecule has 0 radical (unpaired) electrons. The molecule has 3 aromatic rings. The van der Waals surface area contributed by atoms with E-state index in [2.05, 4.69) is 41.0 Å². The van der Waals surface area contributed by atoms with Crippen LogP contribution in [-0.2, 0) is 16.0 Å². The summed E-state index contributed by atoms with van der Waals surface area (Å²) in [5, 5.41) is 7.66. The summed E-state index contributed by atoms with van der Waals surface area (Å²) in [7, 11) is 1.55. The molecule has 0 bridgehead atoms. The van der Waals surface area contributed by atoms with E-state index in [-0.39, 0.29) is 5.91 Å². The van der Waals surface area contributed by atoms with Crippen LogP contribution in [0.2, 0.25) is 0 Å². The van der Waals surface area contributed by atoms with Gasteiger partial charge in [-0.05, 0) is 48.2 Å². The lowest BCUT2D eigenvalue weighted by molar-refractivity contribution is -0.122. The number of rotatable bonds is 5. The molecule has 30 heavy (non-hydrogen) atoms. The highest BCUT2D eigenvalue weighted by Gasteiger charge is 2.24. The van der Waals surface area contributed by atoms with Crippen LogP contribution in [-0.4, -0.2) is 30.7 Å². The summed E-state index contributed by atoms with van der Waals surface area (Å²) in [6.45, 7) is 5.36. The molecule has 3 aromatic carbocycles. The molecular formula is C25H28N2O3. The third kappa shape index (κ3) is 5.38. The van der Waals surface area contributed by atoms with Crippen LogP contribution in [0.15, 0.2) is 66.7 Å². The van der Waals surface area contributed by atoms with Crippen molar-refractivity contribution >= 4 is 22.8 Å². The molecule has 0 aliphatic heterocycles. The SMILES string of the molecule is CNC(=O)[C@H](Cc1ccc(-c2cccc3ccccc23)cc1)NC(=O)OC(C)(C)C. The van der Waals surface area contributed by atoms with Crippen LogP contribution < -0.4 is 10.6 Å². The Morgan fingerprint density at radius 3 is 2.27 bits per heavy atom. The van der Waals surface area contributed by atoms with Crippen LogP contribution in [0.3, 0.4) is 0 Å². The van der Waals surface area contributed by atoms with E-state index in [0.29, 0.717) is 6.42 Å². The molecule has 2 amide bonds. The van der Waals surface area contributed by atoms with E-state index in [1.165, 1.54) is 10.8 Å². The third-order valence-corrected chi connectivity index (χ3v) is 4.75. The number of carbonyl (C=O) groups is 2. The van der Waals surface area contributed by atoms with Crippen molar-refractivity contribution in [1.29, 1.82) is 0 Å². The van der Waals surface area contributed by atoms with Crippen molar-refractivity contribution in [1.82, 2.24) is 10.6 Å². The number of amides is 2. The van der Waals surface area contributed by atoms with E-state index in [4.69, 9.17) is 4.74 Å². The van der Waals surface area contributed by atoms with Gasteiger partial charge in [0, 0.05) is 13.5 Å². The average Bonchev–Trinajstić information content (AvgIpc) is 2.71. The van der Waals surface area contributed by atoms with Gasteiger partial charge < -0.3 is 15.4 Å². The quantitative estimate of drug-likeness (QED) is 0.648. The lowest BCUT2D eigenvalue weighted by Gasteiger charge is -2.23. The van der Waals surface area contributed by atoms with Gasteiger partial charge in [-0.1, -0.05) is 66.7 Å². The van der Waals surface area contributed by atoms with Gasteiger partial charge in [0.05, 0.1) is 0 Å². The first-order chi connectivity index (χ1) is 14.3. The van der Waals surface area contributed by atoms with E-state index < -0.39 is 17.7 Å². The maximum absolute atomic E-state index is 12.3. The maximum Gasteiger partial charge on any atom is 0.408 e. The molecule has 5 heteroatoms. The summed E-state index contributed by atoms with van der Waals surface area (Å²) in [5.74, 6) is -0.265. The molecular weight excluding hydrogens is 376 g/mol. The minimum atomic E-state index is -0.715. The van der Waals surface area contributed by atoms with E-state index in [1.54, 1.807) is 27.8 Å². The van der Waals surface area contributed by atoms with Gasteiger partial charge in [0.2, 0.25) is 5.91 Å². The molecule has 1 atom stereocenters. The Kier molecular flexibility index (Phi) is 6.40. The minimum absolute atomic E-state index is 0.265. The molecule has 0 saturated carbocycles. The average molecular weight is 405 g/mol. The summed E-state index contributed by atoms with van der Waals surface area (Å²) >= 11 is 0. The monoisotopic (exact) mass is 404 g/mol. The highest BCUT2D eigenvalue weighted by atomic mass is 16.6. The minimum Gasteiger partial charge on any atom is -0.444 e. The van der Waals surface area contributed by atoms with Gasteiger partial charge in [-0.15, -0.1) is 0 Å². The fourth-order valence-corrected chi connectivity index (χ4v) is 3.37. The van der Waals surface area contributed by atoms with Crippen LogP contribution in [0.5, 0.6) is 0 Å². The first kappa shape index (κ1) is 21.4. The Balaban J connectivity index is 1.78. The molecule has 0 unspecified atom stereocenters. The number of alkyl carbamates (subject to hydrolysis) is 1. The van der Waals surface area contributed by atoms with Crippen molar-refractivity contribution < 1.29 is 14.3 Å². The molecule has 156 valence electrons. The Bertz CT molecular complexity index is 1030. The highest BCUT2D eigenvalue weighted by molar-refractivity contribution is 5.96. The molecule has 0 aromatic heterocycles. The fourth-order valence-electron chi connectivity index (χ4n) is 3.37. The molecule has 5 nitrogen and oxygen atoms in total. The lowest BCUT2D eigenvalue weighted by atomic mass is 9.96. The van der Waals surface area contributed by atoms with Gasteiger partial charge in [0.15, 0.2) is 0 Å². The normalized spacial score (nSPS) is 12.3. The van der Waals surface area contributed by atoms with Crippen molar-refractivity contribution in [2.24, 2.45) is 0 Å². The predicted molar refractivity (Wildman–Crippen MR) is 120 cm³/mol. The Morgan fingerprint density at radius 2 is 1.60 bits per heavy atom. The zero-order valence-corrected chi connectivity index (χ0v) is 17.9. The standard InChI is InChI=1S/C25H28N2O3/c1-25(2,3)30-24(29)27-22(23(28)26-4)16-17-12-14-19(15-13-17)21-11-7-9-18-8-5-6-10-20(18)21/h5-15,22H,16H2,1-4H3,(H,26,28)(H,27,29)/t22-/m0/s1. The number of nitrogens with one attached hydrogen (secondary N) is 2. The van der Waals surface area contributed by atoms with Crippen molar-refractivity contribution in [3.63, 3.8) is 0 Å². The topological polar surface area (TPSA) is 67.4 Å². The second kappa shape index (κ2) is 8.99. The zero-order valence-electron chi connectivity index (χ0n) is 17.9. The van der Waals surface area contributed by atoms with Gasteiger partial charge in [-0.25, -0.2) is 4.79 Å². The molecule has 0 aliphatic rings. The van der Waals surface area contributed by atoms with Crippen molar-refractivity contribution in [2.75, 3.05) is 7.05 Å². The summed E-state index contributed by atoms with van der Waals surface area (Å²) in [6.07, 6.45) is -0.238. The Hall–Kier alpha value is -3.34. The smallest absolute Gasteiger partial charge is 0.408 e. The zero-order chi connectivity index (χ0) is 21.7. The van der Waals surface area contributed by atoms with Crippen molar-refractivity contribution in [3.05, 3.63) is 72.3 Å². The molecule has 0 heterocycles. The van der Waals surface area contributed by atoms with Crippen LogP contribution in [0.1, 0.15) is 26.3 Å². The summed E-state index contributed by atoms with van der Waals surface area (Å²) in [4.78, 5) is 24.4. The highest BCUT2D eigenvalue weighted by Crippen LogP contribution is 2.28. The second-order valence-electron chi connectivity index (χ2n) is 8.24. The summed E-state index contributed by atoms with van der Waals surface area (Å²) in [5.41, 5.74) is 2.59. The lowest BCUT2D eigenvalue weighted by Crippen LogP contribution is -2.48. The first-order valence-electron chi connectivity index (χ1n) is 10.0. The van der Waals surface area contributed by atoms with Gasteiger partial charge in [-0.3, -0.25) is 4.79 Å². The van der Waals surface area contributed by atoms with Crippen LogP contribution in [0.25, 0.3) is 21.9 Å². The molecule has 3 rings (SSSR count). The van der Waals surface area contributed by atoms with Gasteiger partial charge in [-0.2, -0.15) is 0 Å². The van der Waals surface area contributed by atoms with Crippen LogP contribution >= 0.6 is 0 Å². The molecule has 0 aliphatic carbocycles. The van der Waals surface area contributed by atoms with E-state index in [1.807, 2.05) is 36.4 Å². The second-order valence-corrected chi connectivity index (χ2v) is 8.24. The van der Waals surface area contributed by atoms with Crippen LogP contribution in [0.4, 0.5) is 4.79 Å². The Morgan fingerprint density at radius 1 is 0.933 bits per heavy atom. The number of fused-ring (bicyclic) bond motifs is 1. The number of ether oxygens (including phenoxy) is 1. The molecule has 2 N–H and O–H groups in total. The molecule has 0 fully saturated rings. The number of likely N-dealkylation sites (N-methyl/N-ethyl adjacent to an activating group) is 1. The summed E-state index contributed by atoms with van der Waals surface area (Å²) in [6, 6.07) is 21.9. The summed E-state index contributed by atoms with van der Waals surface area (Å²) < 4.78 is 5.29. The van der Waals surface area contributed by atoms with E-state index >= 15 is 0 Å². The van der Waals surface area contributed by atoms with Crippen molar-refractivity contribution in [3.8, 4) is 11.1 Å². The number of hydrogen-bond acceptors (Lipinski definition) is 3. The number of carbonyl (C=O) groups excluding carboxylic acids is 2. The molecule has 0 saturated heterocycles. The van der Waals surface area contributed by atoms with Gasteiger partial charge in [0.25, 0.3) is 0 Å². The predicted octanol–water partition coefficient (Wildman–Crippen LogP) is 4.69.